The molecule has 0 saturated carbocycles. The van der Waals surface area contributed by atoms with Gasteiger partial charge in [0.05, 0.1) is 13.2 Å². The SMILES string of the molecule is NCCCC[C@H](NC(=O)[C@H](Cc1ccc(OP(=O)(O)O)cc1)NC(=O)[C@@H]1CCCN1C(=O)[C@H](CO)NC(=O)CN)C(=O)N[C@@H](Cc1ccccc1)C(=O)O. The lowest BCUT2D eigenvalue weighted by Crippen LogP contribution is -2.59. The van der Waals surface area contributed by atoms with E-state index in [1.807, 2.05) is 0 Å². The zero-order valence-corrected chi connectivity index (χ0v) is 30.4. The Hall–Kier alpha value is -4.91. The Kier molecular flexibility index (Phi) is 17.0. The first-order valence-electron chi connectivity index (χ1n) is 17.3. The van der Waals surface area contributed by atoms with Crippen LogP contribution in [-0.4, -0.2) is 117 Å². The number of rotatable bonds is 21. The Morgan fingerprint density at radius 2 is 1.43 bits per heavy atom. The fourth-order valence-electron chi connectivity index (χ4n) is 5.83. The molecular weight excluding hydrogens is 729 g/mol. The van der Waals surface area contributed by atoms with Gasteiger partial charge in [0.25, 0.3) is 0 Å². The number of phosphoric acid groups is 1. The third-order valence-corrected chi connectivity index (χ3v) is 8.99. The van der Waals surface area contributed by atoms with Crippen molar-refractivity contribution in [2.45, 2.75) is 75.2 Å². The number of carbonyl (C=O) groups excluding carboxylic acids is 5. The first kappa shape index (κ1) is 43.5. The van der Waals surface area contributed by atoms with Gasteiger partial charge in [-0.25, -0.2) is 9.36 Å². The molecule has 0 aliphatic carbocycles. The topological polar surface area (TPSA) is 313 Å². The van der Waals surface area contributed by atoms with Gasteiger partial charge in [0.1, 0.15) is 36.0 Å². The number of aliphatic carboxylic acids is 1. The van der Waals surface area contributed by atoms with E-state index in [1.54, 1.807) is 30.3 Å². The van der Waals surface area contributed by atoms with E-state index in [0.29, 0.717) is 30.4 Å². The smallest absolute Gasteiger partial charge is 0.480 e. The molecule has 1 aliphatic rings. The summed E-state index contributed by atoms with van der Waals surface area (Å²) in [5.74, 6) is -5.26. The lowest BCUT2D eigenvalue weighted by Gasteiger charge is -2.30. The van der Waals surface area contributed by atoms with E-state index in [-0.39, 0.29) is 44.5 Å². The minimum Gasteiger partial charge on any atom is -0.480 e. The number of likely N-dealkylation sites (tertiary alicyclic amines) is 1. The second-order valence-corrected chi connectivity index (χ2v) is 13.8. The molecule has 0 radical (unpaired) electrons. The van der Waals surface area contributed by atoms with Crippen LogP contribution >= 0.6 is 7.82 Å². The van der Waals surface area contributed by atoms with Crippen molar-refractivity contribution in [2.75, 3.05) is 26.2 Å². The molecule has 296 valence electrons. The van der Waals surface area contributed by atoms with Crippen LogP contribution in [0.15, 0.2) is 54.6 Å². The Morgan fingerprint density at radius 1 is 0.815 bits per heavy atom. The van der Waals surface area contributed by atoms with Crippen LogP contribution in [0.25, 0.3) is 0 Å². The predicted octanol–water partition coefficient (Wildman–Crippen LogP) is -1.96. The molecule has 0 bridgehead atoms. The second kappa shape index (κ2) is 21.1. The largest absolute Gasteiger partial charge is 0.524 e. The highest BCUT2D eigenvalue weighted by atomic mass is 31.2. The molecule has 3 rings (SSSR count). The number of nitrogens with two attached hydrogens (primary N) is 2. The minimum absolute atomic E-state index is 0.0323. The Bertz CT molecular complexity index is 1640. The summed E-state index contributed by atoms with van der Waals surface area (Å²) in [6.45, 7) is -0.797. The summed E-state index contributed by atoms with van der Waals surface area (Å²) in [6.07, 6.45) is 1.28. The zero-order valence-electron chi connectivity index (χ0n) is 29.5. The van der Waals surface area contributed by atoms with E-state index in [4.69, 9.17) is 21.3 Å². The average Bonchev–Trinajstić information content (AvgIpc) is 3.63. The van der Waals surface area contributed by atoms with Gasteiger partial charge in [0.2, 0.25) is 29.5 Å². The number of aliphatic hydroxyl groups is 1. The fraction of sp³-hybridized carbons (Fsp3) is 0.471. The summed E-state index contributed by atoms with van der Waals surface area (Å²) in [4.78, 5) is 98.0. The van der Waals surface area contributed by atoms with Gasteiger partial charge >= 0.3 is 13.8 Å². The van der Waals surface area contributed by atoms with Crippen LogP contribution in [-0.2, 0) is 46.2 Å². The molecule has 5 atom stereocenters. The minimum atomic E-state index is -4.87. The fourth-order valence-corrected chi connectivity index (χ4v) is 6.23. The second-order valence-electron chi connectivity index (χ2n) is 12.6. The number of carboxylic acid groups (broad SMARTS) is 1. The van der Waals surface area contributed by atoms with Gasteiger partial charge in [-0.1, -0.05) is 42.5 Å². The summed E-state index contributed by atoms with van der Waals surface area (Å²) in [7, 11) is -4.87. The first-order chi connectivity index (χ1) is 25.6. The van der Waals surface area contributed by atoms with Crippen molar-refractivity contribution >= 4 is 43.3 Å². The van der Waals surface area contributed by atoms with Gasteiger partial charge in [-0.3, -0.25) is 33.8 Å². The van der Waals surface area contributed by atoms with Crippen LogP contribution in [0.5, 0.6) is 5.75 Å². The molecule has 20 heteroatoms. The third kappa shape index (κ3) is 13.8. The highest BCUT2D eigenvalue weighted by Crippen LogP contribution is 2.37. The van der Waals surface area contributed by atoms with Gasteiger partial charge in [-0.2, -0.15) is 0 Å². The summed E-state index contributed by atoms with van der Waals surface area (Å²) in [5, 5.41) is 29.7. The molecule has 2 aromatic carbocycles. The van der Waals surface area contributed by atoms with Crippen molar-refractivity contribution < 1.29 is 57.9 Å². The molecule has 0 aromatic heterocycles. The van der Waals surface area contributed by atoms with E-state index in [2.05, 4.69) is 25.8 Å². The maximum atomic E-state index is 14.0. The number of nitrogens with one attached hydrogen (secondary N) is 4. The number of aliphatic hydroxyl groups excluding tert-OH is 1. The van der Waals surface area contributed by atoms with Gasteiger partial charge in [-0.05, 0) is 61.9 Å². The van der Waals surface area contributed by atoms with E-state index in [1.165, 1.54) is 29.2 Å². The zero-order chi connectivity index (χ0) is 39.8. The van der Waals surface area contributed by atoms with Crippen LogP contribution in [0.2, 0.25) is 0 Å². The molecule has 1 aliphatic heterocycles. The summed E-state index contributed by atoms with van der Waals surface area (Å²) >= 11 is 0. The van der Waals surface area contributed by atoms with Gasteiger partial charge in [0, 0.05) is 19.4 Å². The molecule has 1 saturated heterocycles. The Labute approximate surface area is 311 Å². The van der Waals surface area contributed by atoms with Crippen molar-refractivity contribution in [3.05, 3.63) is 65.7 Å². The van der Waals surface area contributed by atoms with Crippen molar-refractivity contribution in [2.24, 2.45) is 11.5 Å². The summed E-state index contributed by atoms with van der Waals surface area (Å²) in [5.41, 5.74) is 12.0. The lowest BCUT2D eigenvalue weighted by molar-refractivity contribution is -0.143. The van der Waals surface area contributed by atoms with Crippen molar-refractivity contribution in [3.8, 4) is 5.75 Å². The maximum absolute atomic E-state index is 14.0. The Morgan fingerprint density at radius 3 is 2.02 bits per heavy atom. The molecule has 0 spiro atoms. The Balaban J connectivity index is 1.88. The molecule has 12 N–H and O–H groups in total. The number of carbonyl (C=O) groups is 6. The number of hydrogen-bond acceptors (Lipinski definition) is 11. The van der Waals surface area contributed by atoms with Crippen molar-refractivity contribution in [3.63, 3.8) is 0 Å². The molecule has 54 heavy (non-hydrogen) atoms. The molecule has 2 aromatic rings. The van der Waals surface area contributed by atoms with Gasteiger partial charge < -0.3 is 52.4 Å². The number of amides is 5. The van der Waals surface area contributed by atoms with Crippen LogP contribution in [0, 0.1) is 0 Å². The van der Waals surface area contributed by atoms with Crippen LogP contribution in [0.1, 0.15) is 43.2 Å². The molecular formula is C34H48N7O12P. The van der Waals surface area contributed by atoms with Crippen molar-refractivity contribution in [1.29, 1.82) is 0 Å². The average molecular weight is 778 g/mol. The maximum Gasteiger partial charge on any atom is 0.524 e. The first-order valence-corrected chi connectivity index (χ1v) is 18.8. The van der Waals surface area contributed by atoms with E-state index >= 15 is 0 Å². The number of phosphoric ester groups is 1. The molecule has 0 unspecified atom stereocenters. The van der Waals surface area contributed by atoms with Crippen LogP contribution in [0.4, 0.5) is 0 Å². The van der Waals surface area contributed by atoms with Gasteiger partial charge in [-0.15, -0.1) is 0 Å². The standard InChI is InChI=1S/C34H48N7O12P/c35-15-5-4-9-24(30(44)40-26(34(48)49)18-21-7-2-1-3-8-21)38-31(45)25(17-22-11-13-23(14-12-22)53-54(50,51)52)39-32(46)28-10-6-16-41(28)33(47)27(20-42)37-29(43)19-36/h1-3,7-8,11-14,24-28,42H,4-6,9-10,15-20,35-36H2,(H,37,43)(H,38,45)(H,39,46)(H,40,44)(H,48,49)(H2,50,51,52)/t24-,25-,26-,27-,28-/m0/s1. The molecule has 19 nitrogen and oxygen atoms in total. The van der Waals surface area contributed by atoms with Crippen LogP contribution < -0.4 is 37.3 Å². The van der Waals surface area contributed by atoms with Gasteiger partial charge in [0.15, 0.2) is 0 Å². The highest BCUT2D eigenvalue weighted by Gasteiger charge is 2.39. The molecule has 1 fully saturated rings. The number of hydrogen-bond donors (Lipinski definition) is 10. The predicted molar refractivity (Wildman–Crippen MR) is 192 cm³/mol. The third-order valence-electron chi connectivity index (χ3n) is 8.54. The summed E-state index contributed by atoms with van der Waals surface area (Å²) in [6, 6.07) is 7.49. The van der Waals surface area contributed by atoms with Crippen LogP contribution in [0.3, 0.4) is 0 Å². The van der Waals surface area contributed by atoms with Crippen molar-refractivity contribution in [1.82, 2.24) is 26.2 Å². The lowest BCUT2D eigenvalue weighted by atomic mass is 10.0. The molecule has 1 heterocycles. The monoisotopic (exact) mass is 777 g/mol. The van der Waals surface area contributed by atoms with E-state index < -0.39 is 86.7 Å². The summed E-state index contributed by atoms with van der Waals surface area (Å²) < 4.78 is 15.9. The number of unbranched alkanes of at least 4 members (excludes halogenated alkanes) is 1. The molecule has 5 amide bonds. The number of carboxylic acids is 1. The number of benzene rings is 2. The normalized spacial score (nSPS) is 16.3. The number of nitrogens with zero attached hydrogens (tertiary/aromatic N) is 1. The van der Waals surface area contributed by atoms with E-state index in [0.717, 1.165) is 0 Å². The highest BCUT2D eigenvalue weighted by molar-refractivity contribution is 7.46. The van der Waals surface area contributed by atoms with E-state index in [9.17, 15) is 43.5 Å². The quantitative estimate of drug-likeness (QED) is 0.0486.